The van der Waals surface area contributed by atoms with Gasteiger partial charge in [0, 0.05) is 24.0 Å². The maximum Gasteiger partial charge on any atom is 0.220 e. The Balaban J connectivity index is 1.71. The Morgan fingerprint density at radius 1 is 1.40 bits per heavy atom. The highest BCUT2D eigenvalue weighted by atomic mass is 32.2. The number of fused-ring (bicyclic) bond motifs is 1. The van der Waals surface area contributed by atoms with Gasteiger partial charge < -0.3 is 10.3 Å². The van der Waals surface area contributed by atoms with Crippen molar-refractivity contribution in [2.24, 2.45) is 5.92 Å². The number of amides is 1. The van der Waals surface area contributed by atoms with Gasteiger partial charge in [-0.25, -0.2) is 12.8 Å². The van der Waals surface area contributed by atoms with Crippen molar-refractivity contribution in [3.05, 3.63) is 34.8 Å². The maximum absolute atomic E-state index is 13.9. The van der Waals surface area contributed by atoms with Crippen LogP contribution in [0.25, 0.3) is 10.9 Å². The minimum Gasteiger partial charge on any atom is -0.358 e. The van der Waals surface area contributed by atoms with Gasteiger partial charge >= 0.3 is 0 Å². The van der Waals surface area contributed by atoms with E-state index in [1.807, 2.05) is 13.8 Å². The predicted octanol–water partition coefficient (Wildman–Crippen LogP) is 2.62. The maximum atomic E-state index is 13.9. The van der Waals surface area contributed by atoms with E-state index in [4.69, 9.17) is 0 Å². The van der Waals surface area contributed by atoms with Gasteiger partial charge in [-0.2, -0.15) is 0 Å². The summed E-state index contributed by atoms with van der Waals surface area (Å²) < 4.78 is 36.9. The molecule has 0 spiro atoms. The molecule has 1 amide bonds. The topological polar surface area (TPSA) is 79.0 Å². The molecule has 0 unspecified atom stereocenters. The molecule has 136 valence electrons. The average Bonchev–Trinajstić information content (AvgIpc) is 3.04. The quantitative estimate of drug-likeness (QED) is 0.854. The molecule has 2 aromatic rings. The first kappa shape index (κ1) is 17.9. The third-order valence-corrected chi connectivity index (χ3v) is 6.78. The highest BCUT2D eigenvalue weighted by Crippen LogP contribution is 2.27. The van der Waals surface area contributed by atoms with Gasteiger partial charge in [-0.15, -0.1) is 0 Å². The summed E-state index contributed by atoms with van der Waals surface area (Å²) in [5.41, 5.74) is 3.63. The summed E-state index contributed by atoms with van der Waals surface area (Å²) in [5, 5.41) is 3.63. The van der Waals surface area contributed by atoms with Crippen LogP contribution in [0.4, 0.5) is 4.39 Å². The van der Waals surface area contributed by atoms with E-state index in [9.17, 15) is 17.6 Å². The number of carbonyl (C=O) groups excluding carboxylic acids is 1. The fourth-order valence-corrected chi connectivity index (χ4v) is 5.43. The lowest BCUT2D eigenvalue weighted by Crippen LogP contribution is -2.25. The highest BCUT2D eigenvalue weighted by molar-refractivity contribution is 7.91. The van der Waals surface area contributed by atoms with Gasteiger partial charge in [-0.05, 0) is 48.9 Å². The van der Waals surface area contributed by atoms with E-state index < -0.39 is 9.84 Å². The number of halogens is 1. The van der Waals surface area contributed by atoms with Gasteiger partial charge in [-0.3, -0.25) is 4.79 Å². The molecule has 1 fully saturated rings. The van der Waals surface area contributed by atoms with E-state index >= 15 is 0 Å². The van der Waals surface area contributed by atoms with E-state index in [0.29, 0.717) is 12.0 Å². The zero-order chi connectivity index (χ0) is 18.2. The number of aromatic nitrogens is 1. The van der Waals surface area contributed by atoms with Crippen molar-refractivity contribution in [3.63, 3.8) is 0 Å². The second-order valence-electron chi connectivity index (χ2n) is 6.82. The fourth-order valence-electron chi connectivity index (χ4n) is 3.57. The third kappa shape index (κ3) is 3.86. The molecular weight excluding hydrogens is 343 g/mol. The van der Waals surface area contributed by atoms with Crippen molar-refractivity contribution in [1.82, 2.24) is 10.3 Å². The number of aryl methyl sites for hydroxylation is 2. The summed E-state index contributed by atoms with van der Waals surface area (Å²) in [7, 11) is -2.98. The molecule has 7 heteroatoms. The van der Waals surface area contributed by atoms with Gasteiger partial charge in [0.2, 0.25) is 5.91 Å². The summed E-state index contributed by atoms with van der Waals surface area (Å²) in [6.45, 7) is 4.21. The van der Waals surface area contributed by atoms with E-state index in [2.05, 4.69) is 10.3 Å². The first-order chi connectivity index (χ1) is 11.8. The summed E-state index contributed by atoms with van der Waals surface area (Å²) in [5.74, 6) is -0.393. The lowest BCUT2D eigenvalue weighted by Gasteiger charge is -2.10. The van der Waals surface area contributed by atoms with Crippen molar-refractivity contribution in [1.29, 1.82) is 0 Å². The number of nitrogens with one attached hydrogen (secondary N) is 2. The molecule has 1 atom stereocenters. The summed E-state index contributed by atoms with van der Waals surface area (Å²) in [4.78, 5) is 15.4. The Morgan fingerprint density at radius 3 is 2.80 bits per heavy atom. The SMILES string of the molecule is CCc1[nH]c2c(CNC(=O)C[C@H]3CCS(=O)(=O)C3)cc(F)cc2c1C. The third-order valence-electron chi connectivity index (χ3n) is 4.95. The second kappa shape index (κ2) is 6.78. The molecule has 2 N–H and O–H groups in total. The lowest BCUT2D eigenvalue weighted by molar-refractivity contribution is -0.122. The summed E-state index contributed by atoms with van der Waals surface area (Å²) in [6.07, 6.45) is 1.56. The molecule has 1 aromatic heterocycles. The number of hydrogen-bond acceptors (Lipinski definition) is 3. The molecule has 1 aliphatic rings. The number of hydrogen-bond donors (Lipinski definition) is 2. The van der Waals surface area contributed by atoms with Crippen LogP contribution in [-0.2, 0) is 27.6 Å². The van der Waals surface area contributed by atoms with Crippen LogP contribution in [0.2, 0.25) is 0 Å². The number of aromatic amines is 1. The largest absolute Gasteiger partial charge is 0.358 e. The molecule has 25 heavy (non-hydrogen) atoms. The van der Waals surface area contributed by atoms with Gasteiger partial charge in [0.25, 0.3) is 0 Å². The Bertz CT molecular complexity index is 918. The first-order valence-electron chi connectivity index (χ1n) is 8.55. The summed E-state index contributed by atoms with van der Waals surface area (Å²) >= 11 is 0. The fraction of sp³-hybridized carbons (Fsp3) is 0.500. The number of H-pyrrole nitrogens is 1. The first-order valence-corrected chi connectivity index (χ1v) is 10.4. The van der Waals surface area contributed by atoms with Crippen LogP contribution in [0.3, 0.4) is 0 Å². The van der Waals surface area contributed by atoms with Gasteiger partial charge in [-0.1, -0.05) is 6.92 Å². The number of sulfone groups is 1. The average molecular weight is 366 g/mol. The zero-order valence-electron chi connectivity index (χ0n) is 14.5. The number of rotatable bonds is 5. The zero-order valence-corrected chi connectivity index (χ0v) is 15.3. The standard InChI is InChI=1S/C18H23FN2O3S/c1-3-16-11(2)15-8-14(19)7-13(18(15)21-16)9-20-17(22)6-12-4-5-25(23,24)10-12/h7-8,12,21H,3-6,9-10H2,1-2H3,(H,20,22)/t12-/m1/s1. The molecule has 1 saturated heterocycles. The number of carbonyl (C=O) groups is 1. The Labute approximate surface area is 146 Å². The van der Waals surface area contributed by atoms with Gasteiger partial charge in [0.1, 0.15) is 5.82 Å². The van der Waals surface area contributed by atoms with Crippen molar-refractivity contribution >= 4 is 26.6 Å². The smallest absolute Gasteiger partial charge is 0.220 e. The van der Waals surface area contributed by atoms with Gasteiger partial charge in [0.15, 0.2) is 9.84 Å². The van der Waals surface area contributed by atoms with Gasteiger partial charge in [0.05, 0.1) is 17.0 Å². The van der Waals surface area contributed by atoms with Crippen LogP contribution in [0.5, 0.6) is 0 Å². The van der Waals surface area contributed by atoms with E-state index in [0.717, 1.165) is 28.6 Å². The van der Waals surface area contributed by atoms with Crippen LogP contribution in [0, 0.1) is 18.7 Å². The number of benzene rings is 1. The van der Waals surface area contributed by atoms with Crippen LogP contribution < -0.4 is 5.32 Å². The highest BCUT2D eigenvalue weighted by Gasteiger charge is 2.29. The van der Waals surface area contributed by atoms with Crippen molar-refractivity contribution in [2.75, 3.05) is 11.5 Å². The van der Waals surface area contributed by atoms with E-state index in [1.165, 1.54) is 12.1 Å². The molecule has 0 radical (unpaired) electrons. The Kier molecular flexibility index (Phi) is 4.86. The molecule has 2 heterocycles. The molecule has 1 aromatic carbocycles. The van der Waals surface area contributed by atoms with Crippen LogP contribution in [-0.4, -0.2) is 30.8 Å². The van der Waals surface area contributed by atoms with E-state index in [-0.39, 0.29) is 42.1 Å². The van der Waals surface area contributed by atoms with Crippen molar-refractivity contribution < 1.29 is 17.6 Å². The molecule has 0 bridgehead atoms. The predicted molar refractivity (Wildman–Crippen MR) is 95.6 cm³/mol. The monoisotopic (exact) mass is 366 g/mol. The minimum absolute atomic E-state index is 0.0836. The normalized spacial score (nSPS) is 19.4. The molecule has 0 saturated carbocycles. The minimum atomic E-state index is -2.98. The lowest BCUT2D eigenvalue weighted by atomic mass is 10.0. The molecule has 0 aliphatic carbocycles. The molecule has 5 nitrogen and oxygen atoms in total. The second-order valence-corrected chi connectivity index (χ2v) is 9.05. The van der Waals surface area contributed by atoms with E-state index in [1.54, 1.807) is 0 Å². The van der Waals surface area contributed by atoms with Crippen molar-refractivity contribution in [3.8, 4) is 0 Å². The Morgan fingerprint density at radius 2 is 2.16 bits per heavy atom. The molecular formula is C18H23FN2O3S. The summed E-state index contributed by atoms with van der Waals surface area (Å²) in [6, 6.07) is 2.94. The van der Waals surface area contributed by atoms with Crippen molar-refractivity contribution in [2.45, 2.75) is 39.7 Å². The molecule has 1 aliphatic heterocycles. The molecule has 3 rings (SSSR count). The van der Waals surface area contributed by atoms with Crippen LogP contribution >= 0.6 is 0 Å². The van der Waals surface area contributed by atoms with Crippen LogP contribution in [0.15, 0.2) is 12.1 Å². The Hall–Kier alpha value is -1.89. The van der Waals surface area contributed by atoms with Crippen LogP contribution in [0.1, 0.15) is 36.6 Å².